The molecule has 15 atom stereocenters. The van der Waals surface area contributed by atoms with E-state index in [1.807, 2.05) is 0 Å². The monoisotopic (exact) mass is 504 g/mol. The molecule has 16 nitrogen and oxygen atoms in total. The normalized spacial score (nSPS) is 52.5. The van der Waals surface area contributed by atoms with Crippen LogP contribution in [0, 0.1) is 0 Å². The zero-order chi connectivity index (χ0) is 25.3. The molecular formula is C18H32O16. The molecule has 3 fully saturated rings. The van der Waals surface area contributed by atoms with Crippen LogP contribution in [0.3, 0.4) is 0 Å². The fourth-order valence-electron chi connectivity index (χ4n) is 4.03. The van der Waals surface area contributed by atoms with E-state index < -0.39 is 112 Å². The van der Waals surface area contributed by atoms with E-state index in [1.165, 1.54) is 0 Å². The van der Waals surface area contributed by atoms with Crippen LogP contribution in [-0.2, 0) is 23.7 Å². The Labute approximate surface area is 192 Å². The highest BCUT2D eigenvalue weighted by molar-refractivity contribution is 4.96. The summed E-state index contributed by atoms with van der Waals surface area (Å²) >= 11 is 0. The van der Waals surface area contributed by atoms with Crippen LogP contribution in [0.2, 0.25) is 0 Å². The first-order valence-corrected chi connectivity index (χ1v) is 10.6. The Morgan fingerprint density at radius 1 is 0.441 bits per heavy atom. The van der Waals surface area contributed by atoms with Crippen molar-refractivity contribution in [1.29, 1.82) is 0 Å². The Kier molecular flexibility index (Phi) is 9.54. The molecule has 34 heavy (non-hydrogen) atoms. The number of rotatable bonds is 7. The van der Waals surface area contributed by atoms with Crippen molar-refractivity contribution in [2.24, 2.45) is 0 Å². The van der Waals surface area contributed by atoms with E-state index in [2.05, 4.69) is 0 Å². The predicted molar refractivity (Wildman–Crippen MR) is 101 cm³/mol. The minimum absolute atomic E-state index is 0.762. The number of aliphatic hydroxyl groups excluding tert-OH is 11. The fraction of sp³-hybridized carbons (Fsp3) is 1.00. The zero-order valence-electron chi connectivity index (χ0n) is 17.7. The van der Waals surface area contributed by atoms with Gasteiger partial charge < -0.3 is 79.9 Å². The minimum Gasteiger partial charge on any atom is -0.394 e. The van der Waals surface area contributed by atoms with Crippen molar-refractivity contribution in [3.8, 4) is 0 Å². The van der Waals surface area contributed by atoms with E-state index in [-0.39, 0.29) is 0 Å². The van der Waals surface area contributed by atoms with E-state index in [0.29, 0.717) is 0 Å². The van der Waals surface area contributed by atoms with Gasteiger partial charge in [0.2, 0.25) is 0 Å². The summed E-state index contributed by atoms with van der Waals surface area (Å²) in [5.41, 5.74) is 0. The quantitative estimate of drug-likeness (QED) is 0.154. The molecule has 0 amide bonds. The zero-order valence-corrected chi connectivity index (χ0v) is 17.7. The van der Waals surface area contributed by atoms with Crippen LogP contribution in [0.1, 0.15) is 0 Å². The van der Waals surface area contributed by atoms with Crippen molar-refractivity contribution in [3.05, 3.63) is 0 Å². The predicted octanol–water partition coefficient (Wildman–Crippen LogP) is -7.57. The van der Waals surface area contributed by atoms with Crippen LogP contribution in [0.25, 0.3) is 0 Å². The van der Waals surface area contributed by atoms with E-state index in [9.17, 15) is 56.2 Å². The SMILES string of the molecule is OC[C@H]1O[C@H](O[C@H]2[C@H](O[C@H]3[C@H](O)[C@@H](CO)OC(O)[C@@H]3O)O[C@H](CO)[C@@H](O)[C@@H]2O)[C@H](O)[C@@H](O)[C@@H]1O. The van der Waals surface area contributed by atoms with Gasteiger partial charge in [0.05, 0.1) is 19.8 Å². The molecule has 1 unspecified atom stereocenters. The van der Waals surface area contributed by atoms with Gasteiger partial charge in [0.15, 0.2) is 18.9 Å². The second-order valence-electron chi connectivity index (χ2n) is 8.33. The third-order valence-corrected chi connectivity index (χ3v) is 6.10. The van der Waals surface area contributed by atoms with Gasteiger partial charge in [-0.25, -0.2) is 0 Å². The Morgan fingerprint density at radius 3 is 1.47 bits per heavy atom. The minimum atomic E-state index is -1.89. The average Bonchev–Trinajstić information content (AvgIpc) is 2.83. The standard InChI is InChI=1S/C18H32O16/c19-1-4-7(22)10(25)12(27)17(31-4)34-15-11(26)8(23)5(2-20)32-18(15)33-14-9(24)6(3-21)30-16(29)13(14)28/h4-29H,1-3H2/t4-,5-,6-,7-,8-,9-,10+,11+,12-,13-,14+,15-,16?,17-,18+/m1/s1. The van der Waals surface area contributed by atoms with Crippen molar-refractivity contribution in [3.63, 3.8) is 0 Å². The molecule has 16 heteroatoms. The number of hydrogen-bond acceptors (Lipinski definition) is 16. The molecule has 0 spiro atoms. The van der Waals surface area contributed by atoms with Gasteiger partial charge in [0.25, 0.3) is 0 Å². The summed E-state index contributed by atoms with van der Waals surface area (Å²) in [4.78, 5) is 0. The van der Waals surface area contributed by atoms with Crippen LogP contribution in [-0.4, -0.2) is 168 Å². The highest BCUT2D eigenvalue weighted by Gasteiger charge is 2.53. The summed E-state index contributed by atoms with van der Waals surface area (Å²) in [7, 11) is 0. The molecule has 0 aromatic carbocycles. The molecule has 11 N–H and O–H groups in total. The molecule has 3 heterocycles. The second kappa shape index (κ2) is 11.6. The molecule has 3 rings (SSSR count). The van der Waals surface area contributed by atoms with Crippen LogP contribution in [0.4, 0.5) is 0 Å². The molecule has 3 aliphatic heterocycles. The largest absolute Gasteiger partial charge is 0.394 e. The molecule has 3 aliphatic rings. The third kappa shape index (κ3) is 5.37. The van der Waals surface area contributed by atoms with Crippen molar-refractivity contribution >= 4 is 0 Å². The molecule has 0 bridgehead atoms. The second-order valence-corrected chi connectivity index (χ2v) is 8.33. The van der Waals surface area contributed by atoms with Crippen molar-refractivity contribution in [1.82, 2.24) is 0 Å². The molecule has 0 aromatic rings. The summed E-state index contributed by atoms with van der Waals surface area (Å²) in [6.45, 7) is -2.34. The molecule has 0 aromatic heterocycles. The first kappa shape index (κ1) is 27.9. The van der Waals surface area contributed by atoms with Gasteiger partial charge in [0.1, 0.15) is 73.2 Å². The molecular weight excluding hydrogens is 472 g/mol. The van der Waals surface area contributed by atoms with Gasteiger partial charge in [-0.05, 0) is 0 Å². The lowest BCUT2D eigenvalue weighted by Crippen LogP contribution is -2.67. The van der Waals surface area contributed by atoms with Gasteiger partial charge in [-0.1, -0.05) is 0 Å². The maximum absolute atomic E-state index is 10.6. The highest BCUT2D eigenvalue weighted by atomic mass is 16.8. The van der Waals surface area contributed by atoms with Gasteiger partial charge >= 0.3 is 0 Å². The summed E-state index contributed by atoms with van der Waals surface area (Å²) in [5.74, 6) is 0. The molecule has 3 saturated heterocycles. The van der Waals surface area contributed by atoms with Gasteiger partial charge in [0, 0.05) is 0 Å². The highest BCUT2D eigenvalue weighted by Crippen LogP contribution is 2.32. The summed E-state index contributed by atoms with van der Waals surface area (Å²) in [5, 5.41) is 110. The Hall–Kier alpha value is -0.640. The summed E-state index contributed by atoms with van der Waals surface area (Å²) in [6.07, 6.45) is -25.7. The summed E-state index contributed by atoms with van der Waals surface area (Å²) < 4.78 is 26.5. The van der Waals surface area contributed by atoms with Crippen LogP contribution in [0.15, 0.2) is 0 Å². The third-order valence-electron chi connectivity index (χ3n) is 6.10. The van der Waals surface area contributed by atoms with E-state index >= 15 is 0 Å². The lowest BCUT2D eigenvalue weighted by Gasteiger charge is -2.48. The van der Waals surface area contributed by atoms with E-state index in [1.54, 1.807) is 0 Å². The summed E-state index contributed by atoms with van der Waals surface area (Å²) in [6, 6.07) is 0. The van der Waals surface area contributed by atoms with Crippen LogP contribution in [0.5, 0.6) is 0 Å². The first-order valence-electron chi connectivity index (χ1n) is 10.6. The van der Waals surface area contributed by atoms with Gasteiger partial charge in [-0.15, -0.1) is 0 Å². The smallest absolute Gasteiger partial charge is 0.187 e. The molecule has 0 saturated carbocycles. The Balaban J connectivity index is 1.84. The fourth-order valence-corrected chi connectivity index (χ4v) is 4.03. The Bertz CT molecular complexity index is 639. The molecule has 0 radical (unpaired) electrons. The lowest BCUT2D eigenvalue weighted by atomic mass is 9.96. The van der Waals surface area contributed by atoms with Crippen LogP contribution < -0.4 is 0 Å². The number of aliphatic hydroxyl groups is 11. The van der Waals surface area contributed by atoms with E-state index in [4.69, 9.17) is 23.7 Å². The molecule has 0 aliphatic carbocycles. The Morgan fingerprint density at radius 2 is 0.912 bits per heavy atom. The topological polar surface area (TPSA) is 269 Å². The van der Waals surface area contributed by atoms with Gasteiger partial charge in [-0.3, -0.25) is 0 Å². The van der Waals surface area contributed by atoms with Crippen molar-refractivity contribution < 1.29 is 79.9 Å². The molecule has 200 valence electrons. The van der Waals surface area contributed by atoms with Gasteiger partial charge in [-0.2, -0.15) is 0 Å². The van der Waals surface area contributed by atoms with Crippen LogP contribution >= 0.6 is 0 Å². The number of ether oxygens (including phenoxy) is 5. The maximum Gasteiger partial charge on any atom is 0.187 e. The lowest BCUT2D eigenvalue weighted by molar-refractivity contribution is -0.387. The first-order chi connectivity index (χ1) is 16.0. The van der Waals surface area contributed by atoms with Crippen molar-refractivity contribution in [2.45, 2.75) is 92.1 Å². The number of hydrogen-bond donors (Lipinski definition) is 11. The maximum atomic E-state index is 10.6. The van der Waals surface area contributed by atoms with E-state index in [0.717, 1.165) is 0 Å². The average molecular weight is 504 g/mol. The van der Waals surface area contributed by atoms with Crippen molar-refractivity contribution in [2.75, 3.05) is 19.8 Å².